The normalized spacial score (nSPS) is 15.4. The first-order valence-corrected chi connectivity index (χ1v) is 11.0. The van der Waals surface area contributed by atoms with Gasteiger partial charge in [0, 0.05) is 17.1 Å². The Morgan fingerprint density at radius 2 is 1.93 bits per heavy atom. The zero-order valence-corrected chi connectivity index (χ0v) is 18.6. The van der Waals surface area contributed by atoms with Crippen LogP contribution in [0.5, 0.6) is 0 Å². The second-order valence-corrected chi connectivity index (χ2v) is 9.94. The molecule has 2 aromatic carbocycles. The van der Waals surface area contributed by atoms with Gasteiger partial charge in [-0.05, 0) is 48.6 Å². The highest BCUT2D eigenvalue weighted by Crippen LogP contribution is 2.40. The van der Waals surface area contributed by atoms with E-state index in [1.807, 2.05) is 48.0 Å². The highest BCUT2D eigenvalue weighted by Gasteiger charge is 2.37. The van der Waals surface area contributed by atoms with Gasteiger partial charge in [-0.3, -0.25) is 4.79 Å². The van der Waals surface area contributed by atoms with Gasteiger partial charge in [-0.1, -0.05) is 55.0 Å². The molecular formula is C23H21ClN4OS. The average molecular weight is 437 g/mol. The van der Waals surface area contributed by atoms with E-state index in [9.17, 15) is 4.79 Å². The van der Waals surface area contributed by atoms with Gasteiger partial charge in [0.1, 0.15) is 0 Å². The molecule has 2 heterocycles. The van der Waals surface area contributed by atoms with Gasteiger partial charge in [-0.25, -0.2) is 9.67 Å². The van der Waals surface area contributed by atoms with Crippen LogP contribution in [0, 0.1) is 12.3 Å². The number of anilines is 2. The third kappa shape index (κ3) is 3.20. The third-order valence-corrected chi connectivity index (χ3v) is 6.95. The molecule has 0 unspecified atom stereocenters. The first-order valence-electron chi connectivity index (χ1n) is 9.85. The van der Waals surface area contributed by atoms with Crippen molar-refractivity contribution >= 4 is 50.4 Å². The summed E-state index contributed by atoms with van der Waals surface area (Å²) in [5.74, 6) is 0.672. The van der Waals surface area contributed by atoms with E-state index >= 15 is 0 Å². The number of hydrogen-bond acceptors (Lipinski definition) is 5. The molecular weight excluding hydrogens is 416 g/mol. The Labute approximate surface area is 183 Å². The molecule has 1 N–H and O–H groups in total. The van der Waals surface area contributed by atoms with Gasteiger partial charge in [0.25, 0.3) is 0 Å². The number of hydrogen-bond donors (Lipinski definition) is 1. The molecule has 0 saturated heterocycles. The smallest absolute Gasteiger partial charge is 0.211 e. The van der Waals surface area contributed by atoms with Gasteiger partial charge in [0.05, 0.1) is 21.5 Å². The summed E-state index contributed by atoms with van der Waals surface area (Å²) in [5.41, 5.74) is 4.15. The summed E-state index contributed by atoms with van der Waals surface area (Å²) in [4.78, 5) is 17.9. The number of benzene rings is 2. The van der Waals surface area contributed by atoms with Crippen molar-refractivity contribution in [1.82, 2.24) is 14.8 Å². The lowest BCUT2D eigenvalue weighted by atomic mass is 9.76. The summed E-state index contributed by atoms with van der Waals surface area (Å²) in [7, 11) is 0. The number of carbonyl (C=O) groups is 1. The van der Waals surface area contributed by atoms with E-state index in [0.29, 0.717) is 22.8 Å². The molecule has 4 aromatic rings. The van der Waals surface area contributed by atoms with Crippen molar-refractivity contribution in [3.8, 4) is 5.13 Å². The molecule has 5 nitrogen and oxygen atoms in total. The van der Waals surface area contributed by atoms with Crippen LogP contribution in [0.2, 0.25) is 5.02 Å². The van der Waals surface area contributed by atoms with Crippen molar-refractivity contribution in [2.24, 2.45) is 5.41 Å². The number of nitrogens with zero attached hydrogens (tertiary/aromatic N) is 3. The second kappa shape index (κ2) is 6.93. The second-order valence-electron chi connectivity index (χ2n) is 8.52. The summed E-state index contributed by atoms with van der Waals surface area (Å²) in [6, 6.07) is 13.7. The zero-order chi connectivity index (χ0) is 21.0. The number of rotatable bonds is 3. The van der Waals surface area contributed by atoms with Crippen LogP contribution in [0.15, 0.2) is 42.5 Å². The van der Waals surface area contributed by atoms with Crippen LogP contribution in [0.1, 0.15) is 41.9 Å². The molecule has 0 radical (unpaired) electrons. The van der Waals surface area contributed by atoms with Crippen LogP contribution in [0.4, 0.5) is 11.5 Å². The fraction of sp³-hybridized carbons (Fsp3) is 0.261. The van der Waals surface area contributed by atoms with Crippen molar-refractivity contribution in [2.75, 3.05) is 5.32 Å². The van der Waals surface area contributed by atoms with E-state index < -0.39 is 0 Å². The Hall–Kier alpha value is -2.70. The highest BCUT2D eigenvalue weighted by molar-refractivity contribution is 7.20. The number of para-hydroxylation sites is 1. The van der Waals surface area contributed by atoms with Gasteiger partial charge in [-0.2, -0.15) is 0 Å². The van der Waals surface area contributed by atoms with Crippen LogP contribution < -0.4 is 5.32 Å². The van der Waals surface area contributed by atoms with Crippen LogP contribution in [-0.2, 0) is 6.42 Å². The summed E-state index contributed by atoms with van der Waals surface area (Å²) >= 11 is 7.87. The molecule has 7 heteroatoms. The number of fused-ring (bicyclic) bond motifs is 2. The van der Waals surface area contributed by atoms with Gasteiger partial charge in [-0.15, -0.1) is 5.10 Å². The number of thiazole rings is 1. The van der Waals surface area contributed by atoms with Crippen molar-refractivity contribution in [3.05, 3.63) is 64.3 Å². The fourth-order valence-corrected chi connectivity index (χ4v) is 5.13. The Balaban J connectivity index is 1.69. The Morgan fingerprint density at radius 3 is 2.73 bits per heavy atom. The molecule has 0 bridgehead atoms. The largest absolute Gasteiger partial charge is 0.338 e. The maximum absolute atomic E-state index is 13.1. The Morgan fingerprint density at radius 1 is 1.13 bits per heavy atom. The van der Waals surface area contributed by atoms with Gasteiger partial charge < -0.3 is 5.32 Å². The first-order chi connectivity index (χ1) is 14.3. The number of carbonyl (C=O) groups excluding carboxylic acids is 1. The van der Waals surface area contributed by atoms with E-state index in [-0.39, 0.29) is 11.2 Å². The molecule has 0 spiro atoms. The lowest BCUT2D eigenvalue weighted by Crippen LogP contribution is -2.28. The SMILES string of the molecule is Cc1c(Cl)cccc1Nc1nn(-c2nc3ccccc3s2)c2c1C(=O)CC(C)(C)C2. The molecule has 0 aliphatic heterocycles. The minimum atomic E-state index is -0.123. The van der Waals surface area contributed by atoms with Crippen molar-refractivity contribution < 1.29 is 4.79 Å². The molecule has 1 aliphatic carbocycles. The van der Waals surface area contributed by atoms with Crippen LogP contribution in [0.3, 0.4) is 0 Å². The molecule has 0 saturated carbocycles. The summed E-state index contributed by atoms with van der Waals surface area (Å²) < 4.78 is 2.94. The predicted molar refractivity (Wildman–Crippen MR) is 123 cm³/mol. The summed E-state index contributed by atoms with van der Waals surface area (Å²) in [6.07, 6.45) is 1.25. The van der Waals surface area contributed by atoms with Crippen LogP contribution >= 0.6 is 22.9 Å². The first kappa shape index (κ1) is 19.3. The zero-order valence-electron chi connectivity index (χ0n) is 17.0. The molecule has 2 aromatic heterocycles. The van der Waals surface area contributed by atoms with Gasteiger partial charge in [0.2, 0.25) is 5.13 Å². The molecule has 1 aliphatic rings. The molecule has 0 fully saturated rings. The highest BCUT2D eigenvalue weighted by atomic mass is 35.5. The fourth-order valence-electron chi connectivity index (χ4n) is 4.01. The summed E-state index contributed by atoms with van der Waals surface area (Å²) in [5, 5.41) is 9.64. The molecule has 0 atom stereocenters. The quantitative estimate of drug-likeness (QED) is 0.407. The average Bonchev–Trinajstić information content (AvgIpc) is 3.26. The number of Topliss-reactive ketones (excluding diaryl/α,β-unsaturated/α-hetero) is 1. The number of aromatic nitrogens is 3. The molecule has 0 amide bonds. The molecule has 5 rings (SSSR count). The summed E-state index contributed by atoms with van der Waals surface area (Å²) in [6.45, 7) is 6.20. The van der Waals surface area contributed by atoms with Crippen molar-refractivity contribution in [3.63, 3.8) is 0 Å². The van der Waals surface area contributed by atoms with Gasteiger partial charge >= 0.3 is 0 Å². The Bertz CT molecular complexity index is 1270. The van der Waals surface area contributed by atoms with Crippen LogP contribution in [-0.4, -0.2) is 20.5 Å². The standard InChI is InChI=1S/C23H21ClN4OS/c1-13-14(24)7-6-9-15(13)25-21-20-17(11-23(2,3)12-18(20)29)28(27-21)22-26-16-8-4-5-10-19(16)30-22/h4-10H,11-12H2,1-3H3,(H,25,27). The Kier molecular flexibility index (Phi) is 4.45. The monoisotopic (exact) mass is 436 g/mol. The minimum absolute atomic E-state index is 0.107. The number of nitrogens with one attached hydrogen (secondary N) is 1. The van der Waals surface area contributed by atoms with E-state index in [4.69, 9.17) is 21.7 Å². The number of halogens is 1. The predicted octanol–water partition coefficient (Wildman–Crippen LogP) is 6.34. The molecule has 152 valence electrons. The van der Waals surface area contributed by atoms with Crippen molar-refractivity contribution in [2.45, 2.75) is 33.6 Å². The van der Waals surface area contributed by atoms with E-state index in [0.717, 1.165) is 38.7 Å². The maximum Gasteiger partial charge on any atom is 0.211 e. The minimum Gasteiger partial charge on any atom is -0.338 e. The van der Waals surface area contributed by atoms with E-state index in [1.54, 1.807) is 11.3 Å². The van der Waals surface area contributed by atoms with E-state index in [2.05, 4.69) is 25.2 Å². The maximum atomic E-state index is 13.1. The topological polar surface area (TPSA) is 59.8 Å². The molecule has 30 heavy (non-hydrogen) atoms. The van der Waals surface area contributed by atoms with Crippen molar-refractivity contribution in [1.29, 1.82) is 0 Å². The lowest BCUT2D eigenvalue weighted by molar-refractivity contribution is 0.0912. The van der Waals surface area contributed by atoms with E-state index in [1.165, 1.54) is 0 Å². The lowest BCUT2D eigenvalue weighted by Gasteiger charge is -2.28. The third-order valence-electron chi connectivity index (χ3n) is 5.53. The van der Waals surface area contributed by atoms with Gasteiger partial charge in [0.15, 0.2) is 11.6 Å². The van der Waals surface area contributed by atoms with Crippen LogP contribution in [0.25, 0.3) is 15.3 Å². The number of ketones is 1.